The monoisotopic (exact) mass is 446 g/mol. The van der Waals surface area contributed by atoms with Gasteiger partial charge in [-0.2, -0.15) is 5.10 Å². The van der Waals surface area contributed by atoms with Crippen LogP contribution in [0.3, 0.4) is 0 Å². The van der Waals surface area contributed by atoms with Crippen LogP contribution in [0.4, 0.5) is 10.5 Å². The second-order valence-electron chi connectivity index (χ2n) is 8.17. The summed E-state index contributed by atoms with van der Waals surface area (Å²) >= 11 is 0. The van der Waals surface area contributed by atoms with Gasteiger partial charge in [-0.3, -0.25) is 0 Å². The molecule has 31 heavy (non-hydrogen) atoms. The lowest BCUT2D eigenvalue weighted by Gasteiger charge is -2.24. The molecule has 2 N–H and O–H groups in total. The largest absolute Gasteiger partial charge is 0.474 e. The van der Waals surface area contributed by atoms with Crippen molar-refractivity contribution in [2.45, 2.75) is 63.0 Å². The third kappa shape index (κ3) is 3.67. The minimum absolute atomic E-state index is 0.120. The molecule has 0 fully saturated rings. The molecule has 9 nitrogen and oxygen atoms in total. The van der Waals surface area contributed by atoms with Crippen LogP contribution in [0.25, 0.3) is 0 Å². The number of fused-ring (bicyclic) bond motifs is 4. The van der Waals surface area contributed by atoms with Crippen LogP contribution in [0.2, 0.25) is 0 Å². The number of nitrogens with one attached hydrogen (secondary N) is 2. The van der Waals surface area contributed by atoms with Crippen LogP contribution in [-0.4, -0.2) is 43.5 Å². The van der Waals surface area contributed by atoms with Gasteiger partial charge in [0.1, 0.15) is 12.7 Å². The van der Waals surface area contributed by atoms with Crippen molar-refractivity contribution in [1.29, 1.82) is 0 Å². The number of ether oxygens (including phenoxy) is 2. The third-order valence-electron chi connectivity index (χ3n) is 6.20. The number of amides is 2. The number of carbonyl (C=O) groups is 1. The average Bonchev–Trinajstić information content (AvgIpc) is 3.46. The number of aryl methyl sites for hydroxylation is 1. The van der Waals surface area contributed by atoms with Crippen molar-refractivity contribution in [2.24, 2.45) is 0 Å². The first-order valence-electron chi connectivity index (χ1n) is 10.8. The number of hydrogen-bond donors (Lipinski definition) is 2. The molecule has 2 aliphatic carbocycles. The Morgan fingerprint density at radius 1 is 1.23 bits per heavy atom. The maximum atomic E-state index is 12.9. The number of rotatable bonds is 5. The molecule has 5 rings (SSSR count). The predicted octanol–water partition coefficient (Wildman–Crippen LogP) is 2.17. The molecule has 2 heterocycles. The van der Waals surface area contributed by atoms with Gasteiger partial charge in [-0.1, -0.05) is 0 Å². The maximum absolute atomic E-state index is 12.9. The van der Waals surface area contributed by atoms with E-state index >= 15 is 0 Å². The summed E-state index contributed by atoms with van der Waals surface area (Å²) in [6.45, 7) is 3.04. The van der Waals surface area contributed by atoms with E-state index < -0.39 is 16.1 Å². The van der Waals surface area contributed by atoms with Gasteiger partial charge >= 0.3 is 6.03 Å². The number of benzene rings is 1. The van der Waals surface area contributed by atoms with E-state index in [0.717, 1.165) is 44.1 Å². The van der Waals surface area contributed by atoms with Crippen LogP contribution in [0.15, 0.2) is 17.2 Å². The first-order chi connectivity index (χ1) is 15.0. The molecule has 1 unspecified atom stereocenters. The standard InChI is InChI=1S/C21H26N4O5S/c1-2-29-14-11-25-20(30-12-14)19(10-22-25)31(27,28)24-21(26)23-18-9-13-5-3-6-15(13)16-7-4-8-17(16)18/h9-10,14H,2-8,11-12H2,1H3,(H2,23,24,26). The normalized spacial score (nSPS) is 19.3. The SMILES string of the molecule is CCOC1COc2c(S(=O)(=O)NC(=O)Nc3cc4c(c5c3CCC5)CCC4)cnn2C1. The van der Waals surface area contributed by atoms with Gasteiger partial charge in [0.05, 0.1) is 12.7 Å². The van der Waals surface area contributed by atoms with E-state index in [-0.39, 0.29) is 23.5 Å². The Balaban J connectivity index is 1.34. The van der Waals surface area contributed by atoms with Crippen molar-refractivity contribution >= 4 is 21.7 Å². The zero-order valence-electron chi connectivity index (χ0n) is 17.4. The summed E-state index contributed by atoms with van der Waals surface area (Å²) < 4.78 is 40.4. The Hall–Kier alpha value is -2.59. The summed E-state index contributed by atoms with van der Waals surface area (Å²) in [5.41, 5.74) is 5.90. The zero-order valence-corrected chi connectivity index (χ0v) is 18.3. The summed E-state index contributed by atoms with van der Waals surface area (Å²) in [4.78, 5) is 12.5. The highest BCUT2D eigenvalue weighted by Gasteiger charge is 2.32. The van der Waals surface area contributed by atoms with Crippen LogP contribution < -0.4 is 14.8 Å². The van der Waals surface area contributed by atoms with E-state index in [1.165, 1.54) is 27.6 Å². The molecule has 3 aliphatic rings. The highest BCUT2D eigenvalue weighted by Crippen LogP contribution is 2.38. The molecule has 2 amide bonds. The van der Waals surface area contributed by atoms with Gasteiger partial charge in [-0.25, -0.2) is 22.6 Å². The number of nitrogens with zero attached hydrogens (tertiary/aromatic N) is 2. The molecule has 0 radical (unpaired) electrons. The molecule has 0 spiro atoms. The van der Waals surface area contributed by atoms with Crippen LogP contribution in [0, 0.1) is 0 Å². The van der Waals surface area contributed by atoms with Crippen molar-refractivity contribution in [2.75, 3.05) is 18.5 Å². The Labute approximate surface area is 181 Å². The Morgan fingerprint density at radius 3 is 2.84 bits per heavy atom. The maximum Gasteiger partial charge on any atom is 0.333 e. The number of aromatic nitrogens is 2. The Kier molecular flexibility index (Phi) is 5.13. The van der Waals surface area contributed by atoms with Crippen LogP contribution in [0.1, 0.15) is 42.0 Å². The van der Waals surface area contributed by atoms with E-state index in [2.05, 4.69) is 15.1 Å². The summed E-state index contributed by atoms with van der Waals surface area (Å²) in [6, 6.07) is 1.23. The second-order valence-corrected chi connectivity index (χ2v) is 9.82. The van der Waals surface area contributed by atoms with E-state index in [1.54, 1.807) is 0 Å². The van der Waals surface area contributed by atoms with Gasteiger partial charge < -0.3 is 14.8 Å². The Bertz CT molecular complexity index is 1140. The zero-order chi connectivity index (χ0) is 21.6. The molecule has 0 bridgehead atoms. The van der Waals surface area contributed by atoms with Crippen molar-refractivity contribution < 1.29 is 22.7 Å². The topological polar surface area (TPSA) is 112 Å². The molecular weight excluding hydrogens is 420 g/mol. The number of urea groups is 1. The van der Waals surface area contributed by atoms with E-state index in [4.69, 9.17) is 9.47 Å². The number of sulfonamides is 1. The minimum atomic E-state index is -4.14. The van der Waals surface area contributed by atoms with E-state index in [0.29, 0.717) is 18.8 Å². The van der Waals surface area contributed by atoms with Crippen LogP contribution >= 0.6 is 0 Å². The van der Waals surface area contributed by atoms with Gasteiger partial charge in [0.2, 0.25) is 5.88 Å². The lowest BCUT2D eigenvalue weighted by Crippen LogP contribution is -2.36. The molecule has 1 aromatic carbocycles. The van der Waals surface area contributed by atoms with Gasteiger partial charge in [0, 0.05) is 12.3 Å². The lowest BCUT2D eigenvalue weighted by molar-refractivity contribution is -0.00761. The molecule has 1 aromatic heterocycles. The molecule has 1 aliphatic heterocycles. The molecule has 0 saturated carbocycles. The molecule has 10 heteroatoms. The third-order valence-corrected chi connectivity index (χ3v) is 7.51. The second kappa shape index (κ2) is 7.83. The fourth-order valence-corrected chi connectivity index (χ4v) is 5.90. The summed E-state index contributed by atoms with van der Waals surface area (Å²) in [5, 5.41) is 6.87. The number of anilines is 1. The molecule has 1 atom stereocenters. The molecule has 2 aromatic rings. The lowest BCUT2D eigenvalue weighted by atomic mass is 9.98. The number of hydrogen-bond acceptors (Lipinski definition) is 6. The summed E-state index contributed by atoms with van der Waals surface area (Å²) in [6.07, 6.45) is 7.21. The van der Waals surface area contributed by atoms with Gasteiger partial charge in [-0.05, 0) is 73.8 Å². The van der Waals surface area contributed by atoms with Crippen molar-refractivity contribution in [1.82, 2.24) is 14.5 Å². The summed E-state index contributed by atoms with van der Waals surface area (Å²) in [7, 11) is -4.14. The number of carbonyl (C=O) groups excluding carboxylic acids is 1. The molecular formula is C21H26N4O5S. The van der Waals surface area contributed by atoms with E-state index in [9.17, 15) is 13.2 Å². The van der Waals surface area contributed by atoms with Crippen LogP contribution in [-0.2, 0) is 47.0 Å². The fourth-order valence-electron chi connectivity index (χ4n) is 4.91. The smallest absolute Gasteiger partial charge is 0.333 e. The molecule has 0 saturated heterocycles. The first kappa shape index (κ1) is 20.3. The van der Waals surface area contributed by atoms with Gasteiger partial charge in [0.25, 0.3) is 10.0 Å². The van der Waals surface area contributed by atoms with Gasteiger partial charge in [0.15, 0.2) is 4.90 Å². The average molecular weight is 447 g/mol. The van der Waals surface area contributed by atoms with Crippen molar-refractivity contribution in [3.05, 3.63) is 34.5 Å². The van der Waals surface area contributed by atoms with Gasteiger partial charge in [-0.15, -0.1) is 0 Å². The first-order valence-corrected chi connectivity index (χ1v) is 12.2. The minimum Gasteiger partial charge on any atom is -0.474 e. The predicted molar refractivity (Wildman–Crippen MR) is 113 cm³/mol. The quantitative estimate of drug-likeness (QED) is 0.728. The highest BCUT2D eigenvalue weighted by atomic mass is 32.2. The van der Waals surface area contributed by atoms with Crippen LogP contribution in [0.5, 0.6) is 5.88 Å². The van der Waals surface area contributed by atoms with Crippen molar-refractivity contribution in [3.8, 4) is 5.88 Å². The Morgan fingerprint density at radius 2 is 2.00 bits per heavy atom. The molecule has 166 valence electrons. The summed E-state index contributed by atoms with van der Waals surface area (Å²) in [5.74, 6) is 0.120. The fraction of sp³-hybridized carbons (Fsp3) is 0.524. The van der Waals surface area contributed by atoms with Crippen molar-refractivity contribution in [3.63, 3.8) is 0 Å². The van der Waals surface area contributed by atoms with E-state index in [1.807, 2.05) is 13.0 Å². The highest BCUT2D eigenvalue weighted by molar-refractivity contribution is 7.90.